The fourth-order valence-electron chi connectivity index (χ4n) is 4.56. The zero-order chi connectivity index (χ0) is 29.0. The van der Waals surface area contributed by atoms with Gasteiger partial charge in [-0.2, -0.15) is 0 Å². The second-order valence-electron chi connectivity index (χ2n) is 10.4. The number of hydrogen-bond donors (Lipinski definition) is 4. The van der Waals surface area contributed by atoms with E-state index < -0.39 is 0 Å². The molecular formula is C33H52ClN3O2. The molecule has 0 bridgehead atoms. The van der Waals surface area contributed by atoms with Gasteiger partial charge in [0.1, 0.15) is 0 Å². The summed E-state index contributed by atoms with van der Waals surface area (Å²) < 4.78 is 4.64. The first kappa shape index (κ1) is 34.6. The van der Waals surface area contributed by atoms with Crippen molar-refractivity contribution in [1.82, 2.24) is 10.6 Å². The highest BCUT2D eigenvalue weighted by molar-refractivity contribution is 6.30. The third kappa shape index (κ3) is 15.6. The van der Waals surface area contributed by atoms with Crippen LogP contribution in [0.25, 0.3) is 0 Å². The van der Waals surface area contributed by atoms with Crippen LogP contribution in [0.4, 0.5) is 0 Å². The molecule has 1 fully saturated rings. The van der Waals surface area contributed by atoms with Crippen LogP contribution in [0.1, 0.15) is 80.5 Å². The van der Waals surface area contributed by atoms with E-state index in [1.54, 1.807) is 5.56 Å². The molecule has 6 heteroatoms. The Morgan fingerprint density at radius 1 is 1.21 bits per heavy atom. The summed E-state index contributed by atoms with van der Waals surface area (Å²) in [6, 6.07) is 16.2. The highest BCUT2D eigenvalue weighted by Crippen LogP contribution is 2.41. The molecule has 0 amide bonds. The molecule has 1 aliphatic carbocycles. The topological polar surface area (TPSA) is 79.5 Å². The Morgan fingerprint density at radius 2 is 1.90 bits per heavy atom. The number of methoxy groups -OCH3 is 1. The lowest BCUT2D eigenvalue weighted by Gasteiger charge is -2.21. The van der Waals surface area contributed by atoms with Crippen molar-refractivity contribution in [2.45, 2.75) is 77.2 Å². The summed E-state index contributed by atoms with van der Waals surface area (Å²) in [6.45, 7) is 11.9. The predicted molar refractivity (Wildman–Crippen MR) is 168 cm³/mol. The summed E-state index contributed by atoms with van der Waals surface area (Å²) >= 11 is 6.20. The van der Waals surface area contributed by atoms with Gasteiger partial charge in [0.2, 0.25) is 0 Å². The van der Waals surface area contributed by atoms with Crippen LogP contribution in [0.5, 0.6) is 0 Å². The standard InChI is InChI=1S/C26H36ClN.C5H11NO2.C2H5N/c1-4-5-7-19(2)12-26(28-3)18-22-14-21(15-24(16-22)23-10-11-23)13-20-8-6-9-25(27)17-20;1-5(8-2)6-3-4-7;1-2-3/h6,8-9,14-17,19,23,26,28H,4-5,7,10-13,18H2,1-3H3;6-7H,1,3-4H2,2H3;2H,1,3H2/t19-,26?;;/m1../s1. The first-order chi connectivity index (χ1) is 18.8. The molecule has 39 heavy (non-hydrogen) atoms. The summed E-state index contributed by atoms with van der Waals surface area (Å²) in [5.74, 6) is 2.06. The van der Waals surface area contributed by atoms with Crippen molar-refractivity contribution in [2.75, 3.05) is 27.3 Å². The average Bonchev–Trinajstić information content (AvgIpc) is 3.77. The molecule has 1 saturated carbocycles. The van der Waals surface area contributed by atoms with E-state index in [0.29, 0.717) is 18.5 Å². The van der Waals surface area contributed by atoms with Crippen molar-refractivity contribution in [3.05, 3.63) is 95.0 Å². The van der Waals surface area contributed by atoms with Crippen LogP contribution in [0.2, 0.25) is 5.02 Å². The highest BCUT2D eigenvalue weighted by atomic mass is 35.5. The summed E-state index contributed by atoms with van der Waals surface area (Å²) in [5.41, 5.74) is 10.4. The van der Waals surface area contributed by atoms with Crippen LogP contribution in [0.15, 0.2) is 67.7 Å². The quantitative estimate of drug-likeness (QED) is 0.179. The first-order valence-corrected chi connectivity index (χ1v) is 14.6. The van der Waals surface area contributed by atoms with E-state index >= 15 is 0 Å². The van der Waals surface area contributed by atoms with Crippen LogP contribution in [0, 0.1) is 5.92 Å². The predicted octanol–water partition coefficient (Wildman–Crippen LogP) is 6.93. The number of benzene rings is 2. The SMILES string of the molecule is C=C(NCCO)OC.C=CN.CCCC[C@@H](C)CC(Cc1cc(Cc2cccc(Cl)c2)cc(C2CC2)c1)NC. The number of hydrogen-bond acceptors (Lipinski definition) is 5. The number of ether oxygens (including phenoxy) is 1. The Kier molecular flexibility index (Phi) is 18.1. The number of aliphatic hydroxyl groups is 1. The van der Waals surface area contributed by atoms with Crippen LogP contribution >= 0.6 is 11.6 Å². The highest BCUT2D eigenvalue weighted by Gasteiger charge is 2.24. The van der Waals surface area contributed by atoms with Crippen LogP contribution in [0.3, 0.4) is 0 Å². The minimum atomic E-state index is 0.0996. The zero-order valence-corrected chi connectivity index (χ0v) is 25.4. The van der Waals surface area contributed by atoms with Gasteiger partial charge in [0, 0.05) is 17.6 Å². The molecule has 0 saturated heterocycles. The average molecular weight is 558 g/mol. The van der Waals surface area contributed by atoms with Crippen LogP contribution < -0.4 is 16.4 Å². The van der Waals surface area contributed by atoms with Crippen molar-refractivity contribution in [1.29, 1.82) is 0 Å². The van der Waals surface area contributed by atoms with Gasteiger partial charge in [-0.25, -0.2) is 0 Å². The zero-order valence-electron chi connectivity index (χ0n) is 24.6. The number of rotatable bonds is 15. The van der Waals surface area contributed by atoms with Gasteiger partial charge < -0.3 is 26.2 Å². The normalized spacial score (nSPS) is 13.6. The Balaban J connectivity index is 0.000000587. The van der Waals surface area contributed by atoms with E-state index in [0.717, 1.165) is 29.7 Å². The molecular weight excluding hydrogens is 506 g/mol. The molecule has 0 aromatic heterocycles. The van der Waals surface area contributed by atoms with E-state index in [9.17, 15) is 0 Å². The Bertz CT molecular complexity index is 962. The molecule has 0 spiro atoms. The van der Waals surface area contributed by atoms with Gasteiger partial charge in [0.25, 0.3) is 0 Å². The number of nitrogens with two attached hydrogens (primary N) is 1. The van der Waals surface area contributed by atoms with E-state index in [2.05, 4.69) is 91.6 Å². The lowest BCUT2D eigenvalue weighted by atomic mass is 9.90. The Hall–Kier alpha value is -2.47. The molecule has 1 unspecified atom stereocenters. The largest absolute Gasteiger partial charge is 0.483 e. The molecule has 2 aromatic carbocycles. The molecule has 5 nitrogen and oxygen atoms in total. The van der Waals surface area contributed by atoms with Gasteiger partial charge in [-0.15, -0.1) is 0 Å². The lowest BCUT2D eigenvalue weighted by Crippen LogP contribution is -2.29. The maximum atomic E-state index is 8.25. The van der Waals surface area contributed by atoms with Gasteiger partial charge in [-0.1, -0.05) is 81.6 Å². The summed E-state index contributed by atoms with van der Waals surface area (Å²) in [6.07, 6.45) is 11.3. The van der Waals surface area contributed by atoms with Gasteiger partial charge in [0.15, 0.2) is 5.88 Å². The first-order valence-electron chi connectivity index (χ1n) is 14.2. The minimum Gasteiger partial charge on any atom is -0.483 e. The Labute approximate surface area is 242 Å². The molecule has 0 aliphatic heterocycles. The number of unbranched alkanes of at least 4 members (excludes halogenated alkanes) is 1. The number of likely N-dealkylation sites (N-methyl/N-ethyl adjacent to an activating group) is 1. The van der Waals surface area contributed by atoms with Crippen molar-refractivity contribution in [3.8, 4) is 0 Å². The molecule has 0 radical (unpaired) electrons. The van der Waals surface area contributed by atoms with Crippen molar-refractivity contribution >= 4 is 11.6 Å². The second kappa shape index (κ2) is 20.4. The molecule has 0 heterocycles. The van der Waals surface area contributed by atoms with E-state index in [1.807, 2.05) is 6.07 Å². The molecule has 218 valence electrons. The van der Waals surface area contributed by atoms with Crippen LogP contribution in [-0.4, -0.2) is 38.5 Å². The third-order valence-corrected chi connectivity index (χ3v) is 6.96. The van der Waals surface area contributed by atoms with E-state index in [1.165, 1.54) is 68.5 Å². The van der Waals surface area contributed by atoms with Gasteiger partial charge in [-0.3, -0.25) is 0 Å². The summed E-state index contributed by atoms with van der Waals surface area (Å²) in [5, 5.41) is 15.4. The summed E-state index contributed by atoms with van der Waals surface area (Å²) in [4.78, 5) is 0. The molecule has 5 N–H and O–H groups in total. The molecule has 3 rings (SSSR count). The van der Waals surface area contributed by atoms with E-state index in [4.69, 9.17) is 16.7 Å². The summed E-state index contributed by atoms with van der Waals surface area (Å²) in [7, 11) is 3.64. The fraction of sp³-hybridized carbons (Fsp3) is 0.515. The molecule has 2 aromatic rings. The third-order valence-electron chi connectivity index (χ3n) is 6.73. The van der Waals surface area contributed by atoms with Crippen LogP contribution in [-0.2, 0) is 17.6 Å². The maximum Gasteiger partial charge on any atom is 0.178 e. The fourth-order valence-corrected chi connectivity index (χ4v) is 4.77. The lowest BCUT2D eigenvalue weighted by molar-refractivity contribution is 0.241. The van der Waals surface area contributed by atoms with Crippen molar-refractivity contribution in [2.24, 2.45) is 11.7 Å². The Morgan fingerprint density at radius 3 is 2.46 bits per heavy atom. The van der Waals surface area contributed by atoms with Gasteiger partial charge >= 0.3 is 0 Å². The van der Waals surface area contributed by atoms with Gasteiger partial charge in [-0.05, 0) is 98.2 Å². The van der Waals surface area contributed by atoms with Crippen molar-refractivity contribution in [3.63, 3.8) is 0 Å². The maximum absolute atomic E-state index is 8.25. The number of nitrogens with one attached hydrogen (secondary N) is 2. The monoisotopic (exact) mass is 557 g/mol. The van der Waals surface area contributed by atoms with Gasteiger partial charge in [0.05, 0.1) is 13.7 Å². The number of aliphatic hydroxyl groups excluding tert-OH is 1. The van der Waals surface area contributed by atoms with Crippen molar-refractivity contribution < 1.29 is 9.84 Å². The second-order valence-corrected chi connectivity index (χ2v) is 10.8. The minimum absolute atomic E-state index is 0.0996. The smallest absolute Gasteiger partial charge is 0.178 e. The molecule has 1 aliphatic rings. The van der Waals surface area contributed by atoms with E-state index in [-0.39, 0.29) is 6.61 Å². The number of halogens is 1. The molecule has 2 atom stereocenters.